The molecule has 1 atom stereocenters. The molecule has 2 aromatic rings. The average molecular weight is 352 g/mol. The molecule has 0 heterocycles. The summed E-state index contributed by atoms with van der Waals surface area (Å²) in [6.45, 7) is 3.70. The van der Waals surface area contributed by atoms with E-state index in [9.17, 15) is 14.9 Å². The van der Waals surface area contributed by atoms with Gasteiger partial charge in [-0.25, -0.2) is 0 Å². The Morgan fingerprint density at radius 1 is 1.15 bits per heavy atom. The predicted molar refractivity (Wildman–Crippen MR) is 101 cm³/mol. The van der Waals surface area contributed by atoms with Gasteiger partial charge in [0.2, 0.25) is 0 Å². The minimum atomic E-state index is -0.451. The number of nitro groups is 1. The molecule has 1 N–H and O–H groups in total. The third-order valence-corrected chi connectivity index (χ3v) is 5.16. The Labute approximate surface area is 153 Å². The van der Waals surface area contributed by atoms with Crippen LogP contribution in [-0.2, 0) is 12.8 Å². The van der Waals surface area contributed by atoms with Crippen LogP contribution in [0, 0.1) is 17.0 Å². The van der Waals surface area contributed by atoms with Gasteiger partial charge < -0.3 is 5.32 Å². The Bertz CT molecular complexity index is 845. The van der Waals surface area contributed by atoms with Crippen molar-refractivity contribution in [3.05, 3.63) is 74.3 Å². The standard InChI is InChI=1S/C21H24N2O3/c1-3-19(17-11-10-15-6-4-5-7-16(15)12-17)22-21(24)18-9-8-14(2)20(13-18)23(25)26/h8-13,19H,3-7H2,1-2H3,(H,22,24)/t19-/m0/s1. The first kappa shape index (κ1) is 18.1. The molecule has 2 aromatic carbocycles. The average Bonchev–Trinajstić information content (AvgIpc) is 2.65. The number of aryl methyl sites for hydroxylation is 3. The van der Waals surface area contributed by atoms with Gasteiger partial charge in [0.25, 0.3) is 11.6 Å². The van der Waals surface area contributed by atoms with E-state index >= 15 is 0 Å². The smallest absolute Gasteiger partial charge is 0.273 e. The zero-order chi connectivity index (χ0) is 18.7. The highest BCUT2D eigenvalue weighted by molar-refractivity contribution is 5.95. The molecular weight excluding hydrogens is 328 g/mol. The van der Waals surface area contributed by atoms with Crippen LogP contribution in [0.15, 0.2) is 36.4 Å². The molecule has 26 heavy (non-hydrogen) atoms. The first-order valence-corrected chi connectivity index (χ1v) is 9.17. The fourth-order valence-corrected chi connectivity index (χ4v) is 3.58. The highest BCUT2D eigenvalue weighted by atomic mass is 16.6. The van der Waals surface area contributed by atoms with Gasteiger partial charge >= 0.3 is 0 Å². The van der Waals surface area contributed by atoms with Crippen molar-refractivity contribution in [3.63, 3.8) is 0 Å². The molecule has 0 fully saturated rings. The van der Waals surface area contributed by atoms with E-state index in [-0.39, 0.29) is 17.6 Å². The van der Waals surface area contributed by atoms with Crippen molar-refractivity contribution in [2.45, 2.75) is 52.0 Å². The summed E-state index contributed by atoms with van der Waals surface area (Å²) in [6.07, 6.45) is 5.45. The molecule has 0 aromatic heterocycles. The number of hydrogen-bond acceptors (Lipinski definition) is 3. The largest absolute Gasteiger partial charge is 0.345 e. The van der Waals surface area contributed by atoms with Crippen molar-refractivity contribution in [3.8, 4) is 0 Å². The minimum Gasteiger partial charge on any atom is -0.345 e. The molecule has 0 unspecified atom stereocenters. The number of carbonyl (C=O) groups excluding carboxylic acids is 1. The maximum atomic E-state index is 12.6. The Morgan fingerprint density at radius 3 is 2.58 bits per heavy atom. The van der Waals surface area contributed by atoms with E-state index in [1.54, 1.807) is 19.1 Å². The second kappa shape index (κ2) is 7.68. The molecule has 0 aliphatic heterocycles. The van der Waals surface area contributed by atoms with E-state index in [0.717, 1.165) is 24.8 Å². The maximum absolute atomic E-state index is 12.6. The molecule has 1 amide bonds. The molecule has 0 spiro atoms. The fourth-order valence-electron chi connectivity index (χ4n) is 3.58. The first-order valence-electron chi connectivity index (χ1n) is 9.17. The third kappa shape index (κ3) is 3.77. The molecular formula is C21H24N2O3. The number of benzene rings is 2. The van der Waals surface area contributed by atoms with Gasteiger partial charge in [-0.3, -0.25) is 14.9 Å². The summed E-state index contributed by atoms with van der Waals surface area (Å²) in [4.78, 5) is 23.3. The third-order valence-electron chi connectivity index (χ3n) is 5.16. The van der Waals surface area contributed by atoms with E-state index < -0.39 is 4.92 Å². The highest BCUT2D eigenvalue weighted by Gasteiger charge is 2.19. The molecule has 5 heteroatoms. The molecule has 3 rings (SSSR count). The van der Waals surface area contributed by atoms with Gasteiger partial charge in [0, 0.05) is 17.2 Å². The van der Waals surface area contributed by atoms with Gasteiger partial charge in [-0.05, 0) is 61.8 Å². The van der Waals surface area contributed by atoms with E-state index in [1.807, 2.05) is 6.92 Å². The lowest BCUT2D eigenvalue weighted by Crippen LogP contribution is -2.28. The number of rotatable bonds is 5. The van der Waals surface area contributed by atoms with Crippen LogP contribution in [0.2, 0.25) is 0 Å². The lowest BCUT2D eigenvalue weighted by atomic mass is 9.88. The number of amides is 1. The second-order valence-corrected chi connectivity index (χ2v) is 6.93. The van der Waals surface area contributed by atoms with Gasteiger partial charge in [0.15, 0.2) is 0 Å². The van der Waals surface area contributed by atoms with Crippen LogP contribution in [-0.4, -0.2) is 10.8 Å². The van der Waals surface area contributed by atoms with Crippen LogP contribution in [0.25, 0.3) is 0 Å². The van der Waals surface area contributed by atoms with Gasteiger partial charge in [0.05, 0.1) is 11.0 Å². The number of fused-ring (bicyclic) bond motifs is 1. The summed E-state index contributed by atoms with van der Waals surface area (Å²) < 4.78 is 0. The first-order chi connectivity index (χ1) is 12.5. The van der Waals surface area contributed by atoms with Crippen LogP contribution >= 0.6 is 0 Å². The number of nitro benzene ring substituents is 1. The Hall–Kier alpha value is -2.69. The van der Waals surface area contributed by atoms with Gasteiger partial charge in [-0.1, -0.05) is 31.2 Å². The summed E-state index contributed by atoms with van der Waals surface area (Å²) in [7, 11) is 0. The lowest BCUT2D eigenvalue weighted by Gasteiger charge is -2.22. The topological polar surface area (TPSA) is 72.2 Å². The van der Waals surface area contributed by atoms with Crippen molar-refractivity contribution in [1.82, 2.24) is 5.32 Å². The van der Waals surface area contributed by atoms with Gasteiger partial charge in [-0.2, -0.15) is 0 Å². The summed E-state index contributed by atoms with van der Waals surface area (Å²) in [5, 5.41) is 14.1. The normalized spacial score (nSPS) is 14.4. The zero-order valence-electron chi connectivity index (χ0n) is 15.2. The Kier molecular flexibility index (Phi) is 5.35. The summed E-state index contributed by atoms with van der Waals surface area (Å²) in [5.74, 6) is -0.280. The Morgan fingerprint density at radius 2 is 1.88 bits per heavy atom. The van der Waals surface area contributed by atoms with Crippen LogP contribution in [0.5, 0.6) is 0 Å². The van der Waals surface area contributed by atoms with E-state index in [2.05, 4.69) is 23.5 Å². The number of nitrogens with zero attached hydrogens (tertiary/aromatic N) is 1. The SMILES string of the molecule is CC[C@H](NC(=O)c1ccc(C)c([N+](=O)[O-])c1)c1ccc2c(c1)CCCC2. The zero-order valence-corrected chi connectivity index (χ0v) is 15.2. The quantitative estimate of drug-likeness (QED) is 0.628. The van der Waals surface area contributed by atoms with Crippen LogP contribution < -0.4 is 5.32 Å². The summed E-state index contributed by atoms with van der Waals surface area (Å²) >= 11 is 0. The summed E-state index contributed by atoms with van der Waals surface area (Å²) in [6, 6.07) is 11.0. The van der Waals surface area contributed by atoms with Gasteiger partial charge in [0.1, 0.15) is 0 Å². The lowest BCUT2D eigenvalue weighted by molar-refractivity contribution is -0.385. The molecule has 0 saturated carbocycles. The second-order valence-electron chi connectivity index (χ2n) is 6.93. The van der Waals surface area contributed by atoms with Crippen LogP contribution in [0.1, 0.15) is 64.8 Å². The van der Waals surface area contributed by atoms with Crippen molar-refractivity contribution in [2.24, 2.45) is 0 Å². The number of hydrogen-bond donors (Lipinski definition) is 1. The maximum Gasteiger partial charge on any atom is 0.273 e. The number of nitrogens with one attached hydrogen (secondary N) is 1. The number of carbonyl (C=O) groups is 1. The fraction of sp³-hybridized carbons (Fsp3) is 0.381. The molecule has 136 valence electrons. The van der Waals surface area contributed by atoms with E-state index in [4.69, 9.17) is 0 Å². The molecule has 1 aliphatic rings. The van der Waals surface area contributed by atoms with Crippen molar-refractivity contribution in [2.75, 3.05) is 0 Å². The molecule has 0 radical (unpaired) electrons. The monoisotopic (exact) mass is 352 g/mol. The van der Waals surface area contributed by atoms with Crippen LogP contribution in [0.4, 0.5) is 5.69 Å². The van der Waals surface area contributed by atoms with E-state index in [0.29, 0.717) is 11.1 Å². The van der Waals surface area contributed by atoms with Gasteiger partial charge in [-0.15, -0.1) is 0 Å². The van der Waals surface area contributed by atoms with E-state index in [1.165, 1.54) is 30.0 Å². The molecule has 5 nitrogen and oxygen atoms in total. The highest BCUT2D eigenvalue weighted by Crippen LogP contribution is 2.26. The molecule has 0 saturated heterocycles. The summed E-state index contributed by atoms with van der Waals surface area (Å²) in [5.41, 5.74) is 4.73. The minimum absolute atomic E-state index is 0.0283. The predicted octanol–water partition coefficient (Wildman–Crippen LogP) is 4.66. The van der Waals surface area contributed by atoms with Crippen LogP contribution in [0.3, 0.4) is 0 Å². The van der Waals surface area contributed by atoms with Crippen molar-refractivity contribution >= 4 is 11.6 Å². The van der Waals surface area contributed by atoms with Crippen molar-refractivity contribution < 1.29 is 9.72 Å². The van der Waals surface area contributed by atoms with Crippen molar-refractivity contribution in [1.29, 1.82) is 0 Å². The Balaban J connectivity index is 1.81. The molecule has 1 aliphatic carbocycles. The molecule has 0 bridgehead atoms.